The van der Waals surface area contributed by atoms with Crippen LogP contribution in [0.3, 0.4) is 0 Å². The molecular formula is C27H26N2O7. The Hall–Kier alpha value is -4.50. The number of hydrogen-bond donors (Lipinski definition) is 4. The van der Waals surface area contributed by atoms with E-state index in [1.165, 1.54) is 0 Å². The van der Waals surface area contributed by atoms with Crippen LogP contribution in [0.2, 0.25) is 0 Å². The molecule has 3 aromatic carbocycles. The molecule has 0 spiro atoms. The number of carbonyl (C=O) groups excluding carboxylic acids is 3. The van der Waals surface area contributed by atoms with Crippen LogP contribution in [0.15, 0.2) is 91.0 Å². The van der Waals surface area contributed by atoms with E-state index in [4.69, 9.17) is 4.74 Å². The van der Waals surface area contributed by atoms with Crippen molar-refractivity contribution in [1.82, 2.24) is 10.6 Å². The molecule has 0 aliphatic rings. The Balaban J connectivity index is 1.68. The highest BCUT2D eigenvalue weighted by Crippen LogP contribution is 2.19. The van der Waals surface area contributed by atoms with Crippen molar-refractivity contribution in [2.45, 2.75) is 31.2 Å². The Kier molecular flexibility index (Phi) is 9.30. The maximum Gasteiger partial charge on any atom is 0.326 e. The van der Waals surface area contributed by atoms with E-state index in [1.54, 1.807) is 91.0 Å². The molecule has 0 fully saturated rings. The van der Waals surface area contributed by atoms with Crippen LogP contribution in [-0.2, 0) is 25.7 Å². The zero-order valence-electron chi connectivity index (χ0n) is 19.2. The summed E-state index contributed by atoms with van der Waals surface area (Å²) < 4.78 is 5.10. The van der Waals surface area contributed by atoms with Crippen molar-refractivity contribution in [1.29, 1.82) is 0 Å². The number of carboxylic acid groups (broad SMARTS) is 1. The van der Waals surface area contributed by atoms with Crippen LogP contribution >= 0.6 is 0 Å². The molecule has 0 saturated carbocycles. The van der Waals surface area contributed by atoms with Gasteiger partial charge in [0, 0.05) is 5.56 Å². The third kappa shape index (κ3) is 7.51. The average Bonchev–Trinajstić information content (AvgIpc) is 2.91. The molecule has 3 atom stereocenters. The van der Waals surface area contributed by atoms with Crippen LogP contribution in [0.1, 0.15) is 33.9 Å². The predicted octanol–water partition coefficient (Wildman–Crippen LogP) is 2.22. The molecule has 3 aromatic rings. The quantitative estimate of drug-likeness (QED) is 0.302. The van der Waals surface area contributed by atoms with Gasteiger partial charge in [-0.15, -0.1) is 0 Å². The first-order chi connectivity index (χ1) is 17.3. The van der Waals surface area contributed by atoms with E-state index in [0.717, 1.165) is 5.56 Å². The van der Waals surface area contributed by atoms with E-state index in [1.807, 2.05) is 0 Å². The number of esters is 1. The fourth-order valence-corrected chi connectivity index (χ4v) is 3.39. The third-order valence-corrected chi connectivity index (χ3v) is 5.29. The van der Waals surface area contributed by atoms with Gasteiger partial charge >= 0.3 is 11.9 Å². The molecule has 0 aliphatic heterocycles. The molecule has 186 valence electrons. The summed E-state index contributed by atoms with van der Waals surface area (Å²) in [6.07, 6.45) is -2.49. The lowest BCUT2D eigenvalue weighted by atomic mass is 9.99. The van der Waals surface area contributed by atoms with Crippen molar-refractivity contribution in [3.05, 3.63) is 108 Å². The highest BCUT2D eigenvalue weighted by molar-refractivity contribution is 5.95. The van der Waals surface area contributed by atoms with Crippen molar-refractivity contribution in [3.8, 4) is 0 Å². The molecule has 2 amide bonds. The summed E-state index contributed by atoms with van der Waals surface area (Å²) in [5, 5.41) is 25.1. The molecule has 0 unspecified atom stereocenters. The molecule has 0 radical (unpaired) electrons. The van der Waals surface area contributed by atoms with E-state index in [-0.39, 0.29) is 6.61 Å². The first kappa shape index (κ1) is 26.1. The molecule has 0 aromatic heterocycles. The van der Waals surface area contributed by atoms with Gasteiger partial charge in [0.2, 0.25) is 0 Å². The monoisotopic (exact) mass is 490 g/mol. The second-order valence-electron chi connectivity index (χ2n) is 7.92. The molecule has 9 nitrogen and oxygen atoms in total. The minimum absolute atomic E-state index is 0.0514. The maximum atomic E-state index is 12.8. The van der Waals surface area contributed by atoms with Crippen LogP contribution in [0.4, 0.5) is 0 Å². The summed E-state index contributed by atoms with van der Waals surface area (Å²) in [5.41, 5.74) is 1.46. The Morgan fingerprint density at radius 1 is 0.778 bits per heavy atom. The Labute approximate surface area is 207 Å². The molecule has 0 saturated heterocycles. The van der Waals surface area contributed by atoms with Gasteiger partial charge in [-0.3, -0.25) is 14.4 Å². The zero-order valence-corrected chi connectivity index (χ0v) is 19.2. The SMILES string of the molecule is O=C(C[C@@H](NC(=O)[C@H](O)[C@@H](NC(=O)c1ccccc1)c1ccccc1)C(=O)O)OCc1ccccc1. The number of aliphatic carboxylic acids is 1. The predicted molar refractivity (Wildman–Crippen MR) is 130 cm³/mol. The van der Waals surface area contributed by atoms with Gasteiger partial charge in [-0.1, -0.05) is 78.9 Å². The first-order valence-electron chi connectivity index (χ1n) is 11.2. The number of ether oxygens (including phenoxy) is 1. The van der Waals surface area contributed by atoms with Crippen molar-refractivity contribution in [3.63, 3.8) is 0 Å². The lowest BCUT2D eigenvalue weighted by Crippen LogP contribution is -2.50. The lowest BCUT2D eigenvalue weighted by Gasteiger charge is -2.25. The van der Waals surface area contributed by atoms with Gasteiger partial charge in [0.05, 0.1) is 12.5 Å². The minimum atomic E-state index is -1.85. The van der Waals surface area contributed by atoms with Gasteiger partial charge in [-0.05, 0) is 23.3 Å². The molecule has 9 heteroatoms. The molecule has 0 bridgehead atoms. The molecular weight excluding hydrogens is 464 g/mol. The lowest BCUT2D eigenvalue weighted by molar-refractivity contribution is -0.152. The standard InChI is InChI=1S/C27H26N2O7/c30-22(36-17-18-10-4-1-5-11-18)16-21(27(34)35)28-26(33)24(31)23(19-12-6-2-7-13-19)29-25(32)20-14-8-3-9-15-20/h1-15,21,23-24,31H,16-17H2,(H,28,33)(H,29,32)(H,34,35)/t21-,23+,24-/m1/s1. The second-order valence-corrected chi connectivity index (χ2v) is 7.92. The molecule has 36 heavy (non-hydrogen) atoms. The molecule has 0 aliphatic carbocycles. The number of hydrogen-bond acceptors (Lipinski definition) is 6. The topological polar surface area (TPSA) is 142 Å². The smallest absolute Gasteiger partial charge is 0.326 e. The Bertz CT molecular complexity index is 1170. The molecule has 4 N–H and O–H groups in total. The van der Waals surface area contributed by atoms with Crippen LogP contribution in [0, 0.1) is 0 Å². The molecule has 0 heterocycles. The number of carbonyl (C=O) groups is 4. The summed E-state index contributed by atoms with van der Waals surface area (Å²) in [6.45, 7) is -0.0514. The summed E-state index contributed by atoms with van der Waals surface area (Å²) in [7, 11) is 0. The Morgan fingerprint density at radius 2 is 1.33 bits per heavy atom. The highest BCUT2D eigenvalue weighted by atomic mass is 16.5. The van der Waals surface area contributed by atoms with Crippen LogP contribution < -0.4 is 10.6 Å². The fraction of sp³-hybridized carbons (Fsp3) is 0.185. The summed E-state index contributed by atoms with van der Waals surface area (Å²) in [5.74, 6) is -3.91. The van der Waals surface area contributed by atoms with Gasteiger partial charge in [-0.25, -0.2) is 4.79 Å². The van der Waals surface area contributed by atoms with Gasteiger partial charge < -0.3 is 25.6 Å². The zero-order chi connectivity index (χ0) is 25.9. The summed E-state index contributed by atoms with van der Waals surface area (Å²) in [6, 6.07) is 22.5. The van der Waals surface area contributed by atoms with Gasteiger partial charge in [-0.2, -0.15) is 0 Å². The number of carboxylic acids is 1. The largest absolute Gasteiger partial charge is 0.480 e. The van der Waals surface area contributed by atoms with E-state index >= 15 is 0 Å². The Morgan fingerprint density at radius 3 is 1.92 bits per heavy atom. The fourth-order valence-electron chi connectivity index (χ4n) is 3.39. The third-order valence-electron chi connectivity index (χ3n) is 5.29. The van der Waals surface area contributed by atoms with Crippen LogP contribution in [-0.4, -0.2) is 46.1 Å². The number of benzene rings is 3. The van der Waals surface area contributed by atoms with E-state index < -0.39 is 48.4 Å². The van der Waals surface area contributed by atoms with Crippen molar-refractivity contribution >= 4 is 23.8 Å². The van der Waals surface area contributed by atoms with Crippen molar-refractivity contribution < 1.29 is 34.1 Å². The number of rotatable bonds is 11. The van der Waals surface area contributed by atoms with Gasteiger partial charge in [0.1, 0.15) is 12.6 Å². The van der Waals surface area contributed by atoms with Gasteiger partial charge in [0.15, 0.2) is 6.10 Å². The van der Waals surface area contributed by atoms with E-state index in [0.29, 0.717) is 11.1 Å². The number of amides is 2. The van der Waals surface area contributed by atoms with Crippen LogP contribution in [0.25, 0.3) is 0 Å². The number of aliphatic hydroxyl groups is 1. The summed E-state index contributed by atoms with van der Waals surface area (Å²) in [4.78, 5) is 49.4. The van der Waals surface area contributed by atoms with E-state index in [9.17, 15) is 29.4 Å². The van der Waals surface area contributed by atoms with E-state index in [2.05, 4.69) is 10.6 Å². The maximum absolute atomic E-state index is 12.8. The summed E-state index contributed by atoms with van der Waals surface area (Å²) >= 11 is 0. The number of aliphatic hydroxyl groups excluding tert-OH is 1. The van der Waals surface area contributed by atoms with Crippen LogP contribution in [0.5, 0.6) is 0 Å². The first-order valence-corrected chi connectivity index (χ1v) is 11.2. The van der Waals surface area contributed by atoms with Crippen molar-refractivity contribution in [2.75, 3.05) is 0 Å². The minimum Gasteiger partial charge on any atom is -0.480 e. The number of nitrogens with one attached hydrogen (secondary N) is 2. The average molecular weight is 491 g/mol. The second kappa shape index (κ2) is 12.8. The highest BCUT2D eigenvalue weighted by Gasteiger charge is 2.33. The molecule has 3 rings (SSSR count). The normalized spacial score (nSPS) is 13.0. The van der Waals surface area contributed by atoms with Gasteiger partial charge in [0.25, 0.3) is 11.8 Å². The van der Waals surface area contributed by atoms with Crippen molar-refractivity contribution in [2.24, 2.45) is 0 Å².